The number of aryl methyl sites for hydroxylation is 3. The topological polar surface area (TPSA) is 20.2 Å². The standard InChI is InChI=1S/C15H22O/c1-10(2)15(9-16)8-14-7-12(4)11(3)6-13(14)5/h6-8,10,16H,9H2,1-5H3. The van der Waals surface area contributed by atoms with Crippen LogP contribution >= 0.6 is 0 Å². The van der Waals surface area contributed by atoms with E-state index in [-0.39, 0.29) is 6.61 Å². The average molecular weight is 218 g/mol. The largest absolute Gasteiger partial charge is 0.392 e. The highest BCUT2D eigenvalue weighted by Crippen LogP contribution is 2.20. The van der Waals surface area contributed by atoms with Crippen LogP contribution in [-0.4, -0.2) is 11.7 Å². The molecule has 0 atom stereocenters. The third-order valence-electron chi connectivity index (χ3n) is 3.15. The van der Waals surface area contributed by atoms with Crippen molar-refractivity contribution in [1.82, 2.24) is 0 Å². The first-order valence-corrected chi connectivity index (χ1v) is 5.85. The lowest BCUT2D eigenvalue weighted by molar-refractivity contribution is 0.320. The van der Waals surface area contributed by atoms with Gasteiger partial charge in [0.05, 0.1) is 6.61 Å². The number of aliphatic hydroxyl groups excluding tert-OH is 1. The maximum atomic E-state index is 9.30. The molecular formula is C15H22O. The molecule has 0 heterocycles. The van der Waals surface area contributed by atoms with Gasteiger partial charge in [0.15, 0.2) is 0 Å². The van der Waals surface area contributed by atoms with Crippen LogP contribution in [0.1, 0.15) is 36.1 Å². The fourth-order valence-corrected chi connectivity index (χ4v) is 1.73. The first-order chi connectivity index (χ1) is 7.45. The minimum absolute atomic E-state index is 0.143. The minimum Gasteiger partial charge on any atom is -0.392 e. The number of benzene rings is 1. The quantitative estimate of drug-likeness (QED) is 0.821. The molecule has 0 aliphatic rings. The van der Waals surface area contributed by atoms with Gasteiger partial charge in [0.1, 0.15) is 0 Å². The molecular weight excluding hydrogens is 196 g/mol. The first-order valence-electron chi connectivity index (χ1n) is 5.85. The van der Waals surface area contributed by atoms with Crippen LogP contribution in [0.4, 0.5) is 0 Å². The lowest BCUT2D eigenvalue weighted by Gasteiger charge is -2.11. The molecule has 1 aromatic carbocycles. The Labute approximate surface area is 98.8 Å². The smallest absolute Gasteiger partial charge is 0.0647 e. The molecule has 0 unspecified atom stereocenters. The predicted molar refractivity (Wildman–Crippen MR) is 70.6 cm³/mol. The Hall–Kier alpha value is -1.08. The Morgan fingerprint density at radius 1 is 1.12 bits per heavy atom. The molecule has 0 saturated heterocycles. The summed E-state index contributed by atoms with van der Waals surface area (Å²) in [5, 5.41) is 9.30. The number of rotatable bonds is 3. The molecule has 1 aromatic rings. The summed E-state index contributed by atoms with van der Waals surface area (Å²) in [7, 11) is 0. The highest BCUT2D eigenvalue weighted by Gasteiger charge is 2.04. The van der Waals surface area contributed by atoms with Gasteiger partial charge in [0.2, 0.25) is 0 Å². The summed E-state index contributed by atoms with van der Waals surface area (Å²) >= 11 is 0. The van der Waals surface area contributed by atoms with Crippen LogP contribution in [0.15, 0.2) is 17.7 Å². The van der Waals surface area contributed by atoms with Crippen molar-refractivity contribution in [3.63, 3.8) is 0 Å². The molecule has 1 N–H and O–H groups in total. The van der Waals surface area contributed by atoms with E-state index in [0.29, 0.717) is 5.92 Å². The van der Waals surface area contributed by atoms with Gasteiger partial charge in [-0.3, -0.25) is 0 Å². The lowest BCUT2D eigenvalue weighted by Crippen LogP contribution is -1.99. The maximum absolute atomic E-state index is 9.30. The van der Waals surface area contributed by atoms with E-state index in [1.165, 1.54) is 22.3 Å². The normalized spacial score (nSPS) is 12.3. The van der Waals surface area contributed by atoms with E-state index in [9.17, 15) is 5.11 Å². The van der Waals surface area contributed by atoms with Crippen molar-refractivity contribution in [3.05, 3.63) is 40.0 Å². The van der Waals surface area contributed by atoms with Gasteiger partial charge in [-0.1, -0.05) is 32.1 Å². The fraction of sp³-hybridized carbons (Fsp3) is 0.467. The Morgan fingerprint density at radius 3 is 2.19 bits per heavy atom. The summed E-state index contributed by atoms with van der Waals surface area (Å²) in [5.41, 5.74) is 6.21. The maximum Gasteiger partial charge on any atom is 0.0647 e. The third kappa shape index (κ3) is 2.96. The Bertz CT molecular complexity index is 400. The van der Waals surface area contributed by atoms with E-state index in [1.807, 2.05) is 0 Å². The van der Waals surface area contributed by atoms with Gasteiger partial charge in [0.25, 0.3) is 0 Å². The molecule has 0 aliphatic carbocycles. The van der Waals surface area contributed by atoms with E-state index in [1.54, 1.807) is 0 Å². The summed E-state index contributed by atoms with van der Waals surface area (Å²) in [6.45, 7) is 10.7. The zero-order chi connectivity index (χ0) is 12.3. The minimum atomic E-state index is 0.143. The fourth-order valence-electron chi connectivity index (χ4n) is 1.73. The molecule has 1 rings (SSSR count). The van der Waals surface area contributed by atoms with E-state index in [2.05, 4.69) is 52.8 Å². The summed E-state index contributed by atoms with van der Waals surface area (Å²) in [6.07, 6.45) is 2.12. The first kappa shape index (κ1) is 13.0. The Morgan fingerprint density at radius 2 is 1.69 bits per heavy atom. The molecule has 0 saturated carbocycles. The molecule has 0 bridgehead atoms. The van der Waals surface area contributed by atoms with Crippen molar-refractivity contribution < 1.29 is 5.11 Å². The van der Waals surface area contributed by atoms with Gasteiger partial charge in [-0.2, -0.15) is 0 Å². The SMILES string of the molecule is Cc1cc(C)c(C=C(CO)C(C)C)cc1C. The van der Waals surface area contributed by atoms with Gasteiger partial charge in [0, 0.05) is 0 Å². The van der Waals surface area contributed by atoms with Gasteiger partial charge < -0.3 is 5.11 Å². The molecule has 0 fully saturated rings. The van der Waals surface area contributed by atoms with Crippen molar-refractivity contribution in [2.75, 3.05) is 6.61 Å². The van der Waals surface area contributed by atoms with Gasteiger partial charge in [-0.05, 0) is 54.5 Å². The zero-order valence-corrected chi connectivity index (χ0v) is 11.0. The van der Waals surface area contributed by atoms with Crippen LogP contribution < -0.4 is 0 Å². The molecule has 1 heteroatoms. The molecule has 0 amide bonds. The molecule has 16 heavy (non-hydrogen) atoms. The number of hydrogen-bond donors (Lipinski definition) is 1. The zero-order valence-electron chi connectivity index (χ0n) is 11.0. The molecule has 1 nitrogen and oxygen atoms in total. The third-order valence-corrected chi connectivity index (χ3v) is 3.15. The summed E-state index contributed by atoms with van der Waals surface area (Å²) < 4.78 is 0. The van der Waals surface area contributed by atoms with Crippen molar-refractivity contribution in [1.29, 1.82) is 0 Å². The summed E-state index contributed by atoms with van der Waals surface area (Å²) in [6, 6.07) is 4.40. The van der Waals surface area contributed by atoms with Crippen molar-refractivity contribution in [2.45, 2.75) is 34.6 Å². The molecule has 0 spiro atoms. The van der Waals surface area contributed by atoms with E-state index < -0.39 is 0 Å². The van der Waals surface area contributed by atoms with Gasteiger partial charge in [-0.15, -0.1) is 0 Å². The highest BCUT2D eigenvalue weighted by molar-refractivity contribution is 5.59. The van der Waals surface area contributed by atoms with Crippen LogP contribution in [0.25, 0.3) is 6.08 Å². The average Bonchev–Trinajstić information content (AvgIpc) is 2.21. The van der Waals surface area contributed by atoms with Crippen LogP contribution in [0.5, 0.6) is 0 Å². The van der Waals surface area contributed by atoms with Crippen LogP contribution in [-0.2, 0) is 0 Å². The second-order valence-electron chi connectivity index (χ2n) is 4.83. The Balaban J connectivity index is 3.18. The molecule has 0 aliphatic heterocycles. The molecule has 0 radical (unpaired) electrons. The number of hydrogen-bond acceptors (Lipinski definition) is 1. The van der Waals surface area contributed by atoms with E-state index >= 15 is 0 Å². The predicted octanol–water partition coefficient (Wildman–Crippen LogP) is 3.64. The Kier molecular flexibility index (Phi) is 4.31. The molecule has 88 valence electrons. The van der Waals surface area contributed by atoms with Crippen molar-refractivity contribution in [2.24, 2.45) is 5.92 Å². The lowest BCUT2D eigenvalue weighted by atomic mass is 9.96. The number of aliphatic hydroxyl groups is 1. The van der Waals surface area contributed by atoms with Crippen molar-refractivity contribution in [3.8, 4) is 0 Å². The molecule has 0 aromatic heterocycles. The van der Waals surface area contributed by atoms with Gasteiger partial charge in [-0.25, -0.2) is 0 Å². The van der Waals surface area contributed by atoms with E-state index in [0.717, 1.165) is 5.57 Å². The second-order valence-corrected chi connectivity index (χ2v) is 4.83. The van der Waals surface area contributed by atoms with Crippen LogP contribution in [0.2, 0.25) is 0 Å². The monoisotopic (exact) mass is 218 g/mol. The van der Waals surface area contributed by atoms with Crippen LogP contribution in [0, 0.1) is 26.7 Å². The highest BCUT2D eigenvalue weighted by atomic mass is 16.3. The summed E-state index contributed by atoms with van der Waals surface area (Å²) in [5.74, 6) is 0.394. The second kappa shape index (κ2) is 5.31. The van der Waals surface area contributed by atoms with E-state index in [4.69, 9.17) is 0 Å². The van der Waals surface area contributed by atoms with Gasteiger partial charge >= 0.3 is 0 Å². The summed E-state index contributed by atoms with van der Waals surface area (Å²) in [4.78, 5) is 0. The van der Waals surface area contributed by atoms with Crippen molar-refractivity contribution >= 4 is 6.08 Å². The van der Waals surface area contributed by atoms with Crippen LogP contribution in [0.3, 0.4) is 0 Å².